The maximum Gasteiger partial charge on any atom is 0.132 e. The van der Waals surface area contributed by atoms with Crippen molar-refractivity contribution in [2.45, 2.75) is 13.8 Å². The van der Waals surface area contributed by atoms with Gasteiger partial charge in [-0.25, -0.2) is 4.98 Å². The Labute approximate surface area is 113 Å². The molecular weight excluding hydrogens is 240 g/mol. The zero-order valence-corrected chi connectivity index (χ0v) is 11.2. The van der Waals surface area contributed by atoms with Crippen molar-refractivity contribution in [3.63, 3.8) is 0 Å². The lowest BCUT2D eigenvalue weighted by Crippen LogP contribution is -1.98. The molecule has 1 aromatic heterocycles. The van der Waals surface area contributed by atoms with E-state index >= 15 is 0 Å². The molecule has 1 aromatic carbocycles. The average Bonchev–Trinajstić information content (AvgIpc) is 2.40. The van der Waals surface area contributed by atoms with E-state index in [1.165, 1.54) is 0 Å². The van der Waals surface area contributed by atoms with Crippen LogP contribution in [0.25, 0.3) is 0 Å². The Morgan fingerprint density at radius 2 is 1.84 bits per heavy atom. The predicted octanol–water partition coefficient (Wildman–Crippen LogP) is 3.70. The summed E-state index contributed by atoms with van der Waals surface area (Å²) in [5.74, 6) is 3.11. The molecule has 0 spiro atoms. The van der Waals surface area contributed by atoms with Crippen LogP contribution in [0.5, 0.6) is 17.2 Å². The third kappa shape index (κ3) is 3.88. The van der Waals surface area contributed by atoms with Crippen molar-refractivity contribution in [1.82, 2.24) is 4.98 Å². The molecule has 100 valence electrons. The van der Waals surface area contributed by atoms with Crippen molar-refractivity contribution in [1.29, 1.82) is 0 Å². The molecule has 0 atom stereocenters. The standard InChI is InChI=1S/C15H18N2O2/c1-3-16-15-11-14(8-9-17-15)19-13-7-5-6-12(10-13)18-4-2/h5-11H,3-4H2,1-2H3,(H,16,17). The number of anilines is 1. The Morgan fingerprint density at radius 1 is 1.05 bits per heavy atom. The van der Waals surface area contributed by atoms with Crippen LogP contribution in [0.4, 0.5) is 5.82 Å². The Morgan fingerprint density at radius 3 is 2.63 bits per heavy atom. The third-order valence-electron chi connectivity index (χ3n) is 2.44. The Kier molecular flexibility index (Phi) is 4.61. The fraction of sp³-hybridized carbons (Fsp3) is 0.267. The highest BCUT2D eigenvalue weighted by atomic mass is 16.5. The van der Waals surface area contributed by atoms with E-state index in [1.807, 2.05) is 50.2 Å². The zero-order valence-electron chi connectivity index (χ0n) is 11.2. The van der Waals surface area contributed by atoms with Gasteiger partial charge >= 0.3 is 0 Å². The Bertz CT molecular complexity index is 482. The van der Waals surface area contributed by atoms with Crippen molar-refractivity contribution >= 4 is 5.82 Å². The normalized spacial score (nSPS) is 10.0. The van der Waals surface area contributed by atoms with Crippen LogP contribution in [0.15, 0.2) is 42.6 Å². The summed E-state index contributed by atoms with van der Waals surface area (Å²) in [7, 11) is 0. The molecule has 2 rings (SSSR count). The van der Waals surface area contributed by atoms with Gasteiger partial charge < -0.3 is 14.8 Å². The highest BCUT2D eigenvalue weighted by Gasteiger charge is 2.01. The molecule has 1 heterocycles. The van der Waals surface area contributed by atoms with E-state index in [4.69, 9.17) is 9.47 Å². The van der Waals surface area contributed by atoms with E-state index in [9.17, 15) is 0 Å². The van der Waals surface area contributed by atoms with Gasteiger partial charge in [-0.2, -0.15) is 0 Å². The van der Waals surface area contributed by atoms with Gasteiger partial charge in [-0.05, 0) is 32.0 Å². The highest BCUT2D eigenvalue weighted by Crippen LogP contribution is 2.26. The van der Waals surface area contributed by atoms with E-state index in [0.29, 0.717) is 6.61 Å². The molecule has 2 aromatic rings. The minimum absolute atomic E-state index is 0.642. The van der Waals surface area contributed by atoms with E-state index in [-0.39, 0.29) is 0 Å². The first-order valence-electron chi connectivity index (χ1n) is 6.42. The van der Waals surface area contributed by atoms with Crippen LogP contribution in [-0.4, -0.2) is 18.1 Å². The topological polar surface area (TPSA) is 43.4 Å². The summed E-state index contributed by atoms with van der Waals surface area (Å²) in [4.78, 5) is 4.20. The van der Waals surface area contributed by atoms with Crippen molar-refractivity contribution in [3.05, 3.63) is 42.6 Å². The van der Waals surface area contributed by atoms with Crippen LogP contribution in [-0.2, 0) is 0 Å². The van der Waals surface area contributed by atoms with Gasteiger partial charge in [-0.1, -0.05) is 6.07 Å². The van der Waals surface area contributed by atoms with Gasteiger partial charge in [0, 0.05) is 24.9 Å². The van der Waals surface area contributed by atoms with E-state index in [2.05, 4.69) is 10.3 Å². The number of rotatable bonds is 6. The first kappa shape index (κ1) is 13.2. The molecule has 0 saturated heterocycles. The molecule has 0 bridgehead atoms. The van der Waals surface area contributed by atoms with Crippen molar-refractivity contribution in [2.24, 2.45) is 0 Å². The van der Waals surface area contributed by atoms with Crippen molar-refractivity contribution in [3.8, 4) is 17.2 Å². The van der Waals surface area contributed by atoms with E-state index in [0.717, 1.165) is 29.6 Å². The number of aromatic nitrogens is 1. The van der Waals surface area contributed by atoms with Gasteiger partial charge in [0.25, 0.3) is 0 Å². The summed E-state index contributed by atoms with van der Waals surface area (Å²) in [6.45, 7) is 5.46. The van der Waals surface area contributed by atoms with E-state index < -0.39 is 0 Å². The summed E-state index contributed by atoms with van der Waals surface area (Å²) < 4.78 is 11.2. The predicted molar refractivity (Wildman–Crippen MR) is 76.1 cm³/mol. The van der Waals surface area contributed by atoms with Crippen LogP contribution in [0.2, 0.25) is 0 Å². The van der Waals surface area contributed by atoms with Crippen LogP contribution in [0.1, 0.15) is 13.8 Å². The lowest BCUT2D eigenvalue weighted by molar-refractivity contribution is 0.338. The Hall–Kier alpha value is -2.23. The van der Waals surface area contributed by atoms with E-state index in [1.54, 1.807) is 6.20 Å². The molecule has 0 amide bonds. The fourth-order valence-electron chi connectivity index (χ4n) is 1.68. The molecule has 19 heavy (non-hydrogen) atoms. The second-order valence-electron chi connectivity index (χ2n) is 3.92. The molecule has 4 heteroatoms. The second kappa shape index (κ2) is 6.64. The maximum absolute atomic E-state index is 5.79. The summed E-state index contributed by atoms with van der Waals surface area (Å²) in [6.07, 6.45) is 1.72. The lowest BCUT2D eigenvalue weighted by Gasteiger charge is -2.09. The summed E-state index contributed by atoms with van der Waals surface area (Å²) in [5.41, 5.74) is 0. The number of hydrogen-bond acceptors (Lipinski definition) is 4. The molecular formula is C15H18N2O2. The summed E-state index contributed by atoms with van der Waals surface area (Å²) >= 11 is 0. The molecule has 0 unspecified atom stereocenters. The van der Waals surface area contributed by atoms with Crippen LogP contribution in [0, 0.1) is 0 Å². The molecule has 0 radical (unpaired) electrons. The largest absolute Gasteiger partial charge is 0.494 e. The van der Waals surface area contributed by atoms with Crippen molar-refractivity contribution in [2.75, 3.05) is 18.5 Å². The van der Waals surface area contributed by atoms with Crippen LogP contribution < -0.4 is 14.8 Å². The van der Waals surface area contributed by atoms with Crippen molar-refractivity contribution < 1.29 is 9.47 Å². The second-order valence-corrected chi connectivity index (χ2v) is 3.92. The molecule has 4 nitrogen and oxygen atoms in total. The average molecular weight is 258 g/mol. The first-order valence-corrected chi connectivity index (χ1v) is 6.42. The highest BCUT2D eigenvalue weighted by molar-refractivity contribution is 5.43. The molecule has 0 aliphatic heterocycles. The van der Waals surface area contributed by atoms with Crippen LogP contribution >= 0.6 is 0 Å². The number of ether oxygens (including phenoxy) is 2. The molecule has 1 N–H and O–H groups in total. The minimum Gasteiger partial charge on any atom is -0.494 e. The number of nitrogens with one attached hydrogen (secondary N) is 1. The summed E-state index contributed by atoms with van der Waals surface area (Å²) in [5, 5.41) is 3.15. The van der Waals surface area contributed by atoms with Gasteiger partial charge in [0.2, 0.25) is 0 Å². The smallest absolute Gasteiger partial charge is 0.132 e. The zero-order chi connectivity index (χ0) is 13.5. The third-order valence-corrected chi connectivity index (χ3v) is 2.44. The molecule has 0 aliphatic carbocycles. The number of hydrogen-bond donors (Lipinski definition) is 1. The monoisotopic (exact) mass is 258 g/mol. The fourth-order valence-corrected chi connectivity index (χ4v) is 1.68. The van der Waals surface area contributed by atoms with Crippen LogP contribution in [0.3, 0.4) is 0 Å². The quantitative estimate of drug-likeness (QED) is 0.857. The summed E-state index contributed by atoms with van der Waals surface area (Å²) in [6, 6.07) is 11.3. The SMILES string of the molecule is CCNc1cc(Oc2cccc(OCC)c2)ccn1. The van der Waals surface area contributed by atoms with Gasteiger partial charge in [0.05, 0.1) is 6.61 Å². The van der Waals surface area contributed by atoms with Gasteiger partial charge in [0.15, 0.2) is 0 Å². The first-order chi connectivity index (χ1) is 9.31. The lowest BCUT2D eigenvalue weighted by atomic mass is 10.3. The van der Waals surface area contributed by atoms with Gasteiger partial charge in [-0.3, -0.25) is 0 Å². The maximum atomic E-state index is 5.79. The number of nitrogens with zero attached hydrogens (tertiary/aromatic N) is 1. The molecule has 0 saturated carbocycles. The molecule has 0 aliphatic rings. The minimum atomic E-state index is 0.642. The van der Waals surface area contributed by atoms with Gasteiger partial charge in [-0.15, -0.1) is 0 Å². The number of pyridine rings is 1. The Balaban J connectivity index is 2.11. The van der Waals surface area contributed by atoms with Gasteiger partial charge in [0.1, 0.15) is 23.1 Å². The molecule has 0 fully saturated rings. The number of benzene rings is 1.